The third-order valence-electron chi connectivity index (χ3n) is 5.77. The Morgan fingerprint density at radius 3 is 2.29 bits per heavy atom. The number of nitrogen functional groups attached to an aromatic ring is 1. The number of nitrogens with zero attached hydrogens (tertiary/aromatic N) is 3. The van der Waals surface area contributed by atoms with Gasteiger partial charge in [0.1, 0.15) is 12.3 Å². The second-order valence-electron chi connectivity index (χ2n) is 9.44. The van der Waals surface area contributed by atoms with E-state index in [0.29, 0.717) is 0 Å². The van der Waals surface area contributed by atoms with Crippen molar-refractivity contribution in [2.24, 2.45) is 17.8 Å². The van der Waals surface area contributed by atoms with Gasteiger partial charge in [-0.1, -0.05) is 41.5 Å². The van der Waals surface area contributed by atoms with Crippen LogP contribution in [0.2, 0.25) is 0 Å². The maximum atomic E-state index is 13.5. The molecule has 34 heavy (non-hydrogen) atoms. The lowest BCUT2D eigenvalue weighted by Crippen LogP contribution is -2.64. The summed E-state index contributed by atoms with van der Waals surface area (Å²) >= 11 is 0. The number of Topliss-reactive ketones (excluding diaryl/α,β-unsaturated/α-hetero) is 2. The second kappa shape index (κ2) is 9.26. The zero-order valence-corrected chi connectivity index (χ0v) is 20.1. The third-order valence-corrected chi connectivity index (χ3v) is 5.77. The molecule has 1 saturated heterocycles. The van der Waals surface area contributed by atoms with Gasteiger partial charge in [-0.25, -0.2) is 4.98 Å². The SMILES string of the molecule is CC(C)C(=O)OC(C(=O)C(C)C)(C(=O)C(C)C)[C@H]1O[C@@H](n2cnc3c(=O)[nH]c(N)nc32)C[C@@H]1O. The predicted octanol–water partition coefficient (Wildman–Crippen LogP) is 0.738. The lowest BCUT2D eigenvalue weighted by atomic mass is 9.76. The summed E-state index contributed by atoms with van der Waals surface area (Å²) in [5.41, 5.74) is 2.87. The summed E-state index contributed by atoms with van der Waals surface area (Å²) in [6, 6.07) is 0. The predicted molar refractivity (Wildman–Crippen MR) is 120 cm³/mol. The van der Waals surface area contributed by atoms with Crippen LogP contribution in [0.25, 0.3) is 11.2 Å². The number of nitrogens with one attached hydrogen (secondary N) is 1. The second-order valence-corrected chi connectivity index (χ2v) is 9.44. The molecule has 3 rings (SSSR count). The fourth-order valence-corrected chi connectivity index (χ4v) is 4.04. The van der Waals surface area contributed by atoms with Crippen molar-refractivity contribution in [3.63, 3.8) is 0 Å². The smallest absolute Gasteiger partial charge is 0.309 e. The van der Waals surface area contributed by atoms with Crippen LogP contribution in [0.4, 0.5) is 5.95 Å². The molecule has 3 atom stereocenters. The Morgan fingerprint density at radius 1 is 1.18 bits per heavy atom. The quantitative estimate of drug-likeness (QED) is 0.362. The maximum absolute atomic E-state index is 13.5. The van der Waals surface area contributed by atoms with Gasteiger partial charge in [0.15, 0.2) is 22.7 Å². The molecule has 0 amide bonds. The zero-order valence-electron chi connectivity index (χ0n) is 20.1. The highest BCUT2D eigenvalue weighted by Gasteiger charge is 2.62. The highest BCUT2D eigenvalue weighted by molar-refractivity contribution is 6.13. The van der Waals surface area contributed by atoms with Crippen molar-refractivity contribution in [3.8, 4) is 0 Å². The number of hydrogen-bond donors (Lipinski definition) is 3. The number of H-pyrrole nitrogens is 1. The molecule has 0 radical (unpaired) electrons. The van der Waals surface area contributed by atoms with E-state index in [-0.39, 0.29) is 23.5 Å². The molecule has 186 valence electrons. The number of anilines is 1. The number of imidazole rings is 1. The van der Waals surface area contributed by atoms with E-state index in [9.17, 15) is 24.3 Å². The van der Waals surface area contributed by atoms with Crippen molar-refractivity contribution in [1.29, 1.82) is 0 Å². The number of rotatable bonds is 8. The molecule has 2 aromatic heterocycles. The van der Waals surface area contributed by atoms with E-state index >= 15 is 0 Å². The average molecular weight is 478 g/mol. The molecule has 1 fully saturated rings. The molecule has 0 unspecified atom stereocenters. The van der Waals surface area contributed by atoms with Gasteiger partial charge in [-0.15, -0.1) is 0 Å². The number of carbonyl (C=O) groups is 3. The van der Waals surface area contributed by atoms with Crippen LogP contribution in [-0.2, 0) is 23.9 Å². The fourth-order valence-electron chi connectivity index (χ4n) is 4.04. The van der Waals surface area contributed by atoms with Gasteiger partial charge in [0.05, 0.1) is 18.3 Å². The summed E-state index contributed by atoms with van der Waals surface area (Å²) in [6.07, 6.45) is -2.59. The molecule has 0 aliphatic carbocycles. The third kappa shape index (κ3) is 4.23. The molecule has 0 bridgehead atoms. The van der Waals surface area contributed by atoms with Crippen LogP contribution in [0, 0.1) is 17.8 Å². The van der Waals surface area contributed by atoms with E-state index in [1.54, 1.807) is 41.5 Å². The highest BCUT2D eigenvalue weighted by Crippen LogP contribution is 2.40. The monoisotopic (exact) mass is 477 g/mol. The summed E-state index contributed by atoms with van der Waals surface area (Å²) in [5, 5.41) is 11.0. The Balaban J connectivity index is 2.13. The molecule has 3 heterocycles. The summed E-state index contributed by atoms with van der Waals surface area (Å²) in [7, 11) is 0. The molecule has 12 nitrogen and oxygen atoms in total. The number of ketones is 2. The van der Waals surface area contributed by atoms with Gasteiger partial charge in [0, 0.05) is 18.3 Å². The first-order chi connectivity index (χ1) is 15.8. The fraction of sp³-hybridized carbons (Fsp3) is 0.636. The van der Waals surface area contributed by atoms with Gasteiger partial charge in [0.25, 0.3) is 11.2 Å². The first-order valence-corrected chi connectivity index (χ1v) is 11.2. The summed E-state index contributed by atoms with van der Waals surface area (Å²) in [4.78, 5) is 62.3. The molecular formula is C22H31N5O7. The van der Waals surface area contributed by atoms with Crippen molar-refractivity contribution in [3.05, 3.63) is 16.7 Å². The maximum Gasteiger partial charge on any atom is 0.309 e. The number of aromatic nitrogens is 4. The molecule has 12 heteroatoms. The average Bonchev–Trinajstić information content (AvgIpc) is 3.34. The van der Waals surface area contributed by atoms with Gasteiger partial charge in [-0.3, -0.25) is 28.7 Å². The Labute approximate surface area is 195 Å². The van der Waals surface area contributed by atoms with Crippen molar-refractivity contribution in [2.45, 2.75) is 72.0 Å². The minimum absolute atomic E-state index is 0.00440. The van der Waals surface area contributed by atoms with Gasteiger partial charge in [0.2, 0.25) is 5.95 Å². The number of esters is 1. The van der Waals surface area contributed by atoms with Crippen LogP contribution >= 0.6 is 0 Å². The van der Waals surface area contributed by atoms with E-state index < -0.39 is 64.9 Å². The number of ether oxygens (including phenoxy) is 2. The number of aromatic amines is 1. The molecule has 2 aromatic rings. The minimum atomic E-state index is -2.35. The first-order valence-electron chi connectivity index (χ1n) is 11.2. The minimum Gasteiger partial charge on any atom is -0.440 e. The molecule has 0 aromatic carbocycles. The van der Waals surface area contributed by atoms with Gasteiger partial charge in [-0.2, -0.15) is 4.98 Å². The Kier molecular flexibility index (Phi) is 6.94. The normalized spacial score (nSPS) is 21.1. The molecular weight excluding hydrogens is 446 g/mol. The van der Waals surface area contributed by atoms with E-state index in [0.717, 1.165) is 0 Å². The Morgan fingerprint density at radius 2 is 1.76 bits per heavy atom. The summed E-state index contributed by atoms with van der Waals surface area (Å²) in [6.45, 7) is 9.47. The topological polar surface area (TPSA) is 179 Å². The van der Waals surface area contributed by atoms with Crippen molar-refractivity contribution < 1.29 is 29.0 Å². The molecule has 4 N–H and O–H groups in total. The van der Waals surface area contributed by atoms with Gasteiger partial charge >= 0.3 is 5.97 Å². The number of aliphatic hydroxyl groups is 1. The number of hydrogen-bond acceptors (Lipinski definition) is 10. The van der Waals surface area contributed by atoms with Crippen LogP contribution in [0.1, 0.15) is 54.2 Å². The van der Waals surface area contributed by atoms with Crippen LogP contribution < -0.4 is 11.3 Å². The van der Waals surface area contributed by atoms with E-state index in [4.69, 9.17) is 15.2 Å². The Bertz CT molecular complexity index is 1150. The summed E-state index contributed by atoms with van der Waals surface area (Å²) in [5.74, 6) is -4.28. The van der Waals surface area contributed by atoms with Gasteiger partial charge < -0.3 is 20.3 Å². The number of aliphatic hydroxyl groups excluding tert-OH is 1. The molecule has 1 aliphatic heterocycles. The van der Waals surface area contributed by atoms with Crippen molar-refractivity contribution in [2.75, 3.05) is 5.73 Å². The standard InChI is InChI=1S/C22H31N5O7/c1-9(2)15(29)22(16(30)10(3)4,34-20(32)11(5)6)17-12(28)7-13(33-17)27-8-24-14-18(27)25-21(23)26-19(14)31/h8-13,17,28H,7H2,1-6H3,(H3,23,25,26,31)/t12-,13+,17-/m0/s1. The molecule has 1 aliphatic rings. The van der Waals surface area contributed by atoms with Crippen LogP contribution in [0.3, 0.4) is 0 Å². The largest absolute Gasteiger partial charge is 0.440 e. The van der Waals surface area contributed by atoms with E-state index in [2.05, 4.69) is 15.0 Å². The van der Waals surface area contributed by atoms with E-state index in [1.165, 1.54) is 10.9 Å². The zero-order chi connectivity index (χ0) is 25.5. The number of carbonyl (C=O) groups excluding carboxylic acids is 3. The van der Waals surface area contributed by atoms with Crippen LogP contribution in [0.5, 0.6) is 0 Å². The van der Waals surface area contributed by atoms with Crippen LogP contribution in [0.15, 0.2) is 11.1 Å². The number of nitrogens with two attached hydrogens (primary N) is 1. The molecule has 0 spiro atoms. The Hall–Kier alpha value is -3.12. The number of fused-ring (bicyclic) bond motifs is 1. The highest BCUT2D eigenvalue weighted by atomic mass is 16.6. The van der Waals surface area contributed by atoms with Crippen LogP contribution in [-0.4, -0.2) is 60.0 Å². The lowest BCUT2D eigenvalue weighted by molar-refractivity contribution is -0.200. The first kappa shape index (κ1) is 25.5. The lowest BCUT2D eigenvalue weighted by Gasteiger charge is -2.39. The summed E-state index contributed by atoms with van der Waals surface area (Å²) < 4.78 is 13.1. The van der Waals surface area contributed by atoms with Gasteiger partial charge in [-0.05, 0) is 0 Å². The van der Waals surface area contributed by atoms with Crippen molar-refractivity contribution >= 4 is 34.6 Å². The van der Waals surface area contributed by atoms with Crippen molar-refractivity contribution in [1.82, 2.24) is 19.5 Å². The molecule has 0 saturated carbocycles. The van der Waals surface area contributed by atoms with E-state index in [1.807, 2.05) is 0 Å².